The van der Waals surface area contributed by atoms with Gasteiger partial charge in [0, 0.05) is 12.7 Å². The highest BCUT2D eigenvalue weighted by molar-refractivity contribution is 7.98. The molecule has 0 fully saturated rings. The summed E-state index contributed by atoms with van der Waals surface area (Å²) in [7, 11) is 0. The van der Waals surface area contributed by atoms with E-state index in [0.29, 0.717) is 0 Å². The molecule has 0 aliphatic carbocycles. The zero-order chi connectivity index (χ0) is 26.8. The molecular weight excluding hydrogens is 460 g/mol. The van der Waals surface area contributed by atoms with Crippen LogP contribution in [0.25, 0.3) is 0 Å². The standard InChI is InChI=1S/C33H58O2S/c1-8-9-10-11-12-13-14-15-16-17-18-19-20-21-22-23-24-36-26-30-27(2)31(33(5,6)7)25-32(28(30)3)35-29(4)34/h25H,8-24,26H2,1-7H3. The Morgan fingerprint density at radius 1 is 0.750 bits per heavy atom. The van der Waals surface area contributed by atoms with Crippen molar-refractivity contribution in [1.29, 1.82) is 0 Å². The second-order valence-electron chi connectivity index (χ2n) is 11.9. The number of carbonyl (C=O) groups is 1. The molecule has 0 heterocycles. The van der Waals surface area contributed by atoms with Gasteiger partial charge in [0.2, 0.25) is 0 Å². The molecule has 1 aromatic carbocycles. The maximum absolute atomic E-state index is 11.6. The molecule has 0 N–H and O–H groups in total. The van der Waals surface area contributed by atoms with Crippen molar-refractivity contribution in [3.8, 4) is 5.75 Å². The summed E-state index contributed by atoms with van der Waals surface area (Å²) in [6.07, 6.45) is 22.6. The number of thioether (sulfide) groups is 1. The lowest BCUT2D eigenvalue weighted by Gasteiger charge is -2.26. The van der Waals surface area contributed by atoms with Crippen LogP contribution in [0.3, 0.4) is 0 Å². The van der Waals surface area contributed by atoms with E-state index in [-0.39, 0.29) is 11.4 Å². The van der Waals surface area contributed by atoms with Crippen molar-refractivity contribution in [3.63, 3.8) is 0 Å². The van der Waals surface area contributed by atoms with Gasteiger partial charge in [0.15, 0.2) is 0 Å². The Hall–Kier alpha value is -0.960. The molecule has 0 aliphatic rings. The molecule has 1 aromatic rings. The van der Waals surface area contributed by atoms with Crippen molar-refractivity contribution in [1.82, 2.24) is 0 Å². The molecule has 36 heavy (non-hydrogen) atoms. The average Bonchev–Trinajstić information content (AvgIpc) is 2.80. The Kier molecular flexibility index (Phi) is 17.6. The first kappa shape index (κ1) is 33.1. The fourth-order valence-electron chi connectivity index (χ4n) is 5.12. The fourth-order valence-corrected chi connectivity index (χ4v) is 6.31. The number of esters is 1. The molecule has 3 heteroatoms. The number of carbonyl (C=O) groups excluding carboxylic acids is 1. The number of rotatable bonds is 20. The summed E-state index contributed by atoms with van der Waals surface area (Å²) in [6.45, 7) is 14.8. The van der Waals surface area contributed by atoms with Crippen LogP contribution in [0, 0.1) is 13.8 Å². The second-order valence-corrected chi connectivity index (χ2v) is 13.0. The summed E-state index contributed by atoms with van der Waals surface area (Å²) < 4.78 is 5.57. The molecule has 0 aromatic heterocycles. The first-order valence-corrected chi connectivity index (χ1v) is 16.2. The lowest BCUT2D eigenvalue weighted by Crippen LogP contribution is -2.16. The lowest BCUT2D eigenvalue weighted by molar-refractivity contribution is -0.131. The van der Waals surface area contributed by atoms with Gasteiger partial charge in [-0.3, -0.25) is 4.79 Å². The molecule has 0 radical (unpaired) electrons. The van der Waals surface area contributed by atoms with Crippen molar-refractivity contribution >= 4 is 17.7 Å². The minimum absolute atomic E-state index is 0.0278. The zero-order valence-corrected chi connectivity index (χ0v) is 25.8. The number of unbranched alkanes of at least 4 members (excludes halogenated alkanes) is 15. The monoisotopic (exact) mass is 518 g/mol. The quantitative estimate of drug-likeness (QED) is 0.0975. The summed E-state index contributed by atoms with van der Waals surface area (Å²) in [5, 5.41) is 0. The van der Waals surface area contributed by atoms with Gasteiger partial charge < -0.3 is 4.74 Å². The summed E-state index contributed by atoms with van der Waals surface area (Å²) >= 11 is 2.03. The summed E-state index contributed by atoms with van der Waals surface area (Å²) in [5.74, 6) is 2.69. The van der Waals surface area contributed by atoms with Gasteiger partial charge in [-0.1, -0.05) is 124 Å². The van der Waals surface area contributed by atoms with E-state index in [1.807, 2.05) is 11.8 Å². The van der Waals surface area contributed by atoms with E-state index in [9.17, 15) is 4.79 Å². The highest BCUT2D eigenvalue weighted by atomic mass is 32.2. The van der Waals surface area contributed by atoms with Crippen molar-refractivity contribution in [2.75, 3.05) is 5.75 Å². The summed E-state index contributed by atoms with van der Waals surface area (Å²) in [6, 6.07) is 2.08. The molecule has 0 saturated heterocycles. The maximum Gasteiger partial charge on any atom is 0.308 e. The predicted octanol–water partition coefficient (Wildman–Crippen LogP) is 11.0. The third kappa shape index (κ3) is 14.1. The predicted molar refractivity (Wildman–Crippen MR) is 162 cm³/mol. The molecule has 2 nitrogen and oxygen atoms in total. The van der Waals surface area contributed by atoms with Crippen LogP contribution in [0.4, 0.5) is 0 Å². The van der Waals surface area contributed by atoms with Gasteiger partial charge in [-0.25, -0.2) is 0 Å². The van der Waals surface area contributed by atoms with E-state index in [1.165, 1.54) is 132 Å². The topological polar surface area (TPSA) is 26.3 Å². The minimum atomic E-state index is -0.242. The van der Waals surface area contributed by atoms with Gasteiger partial charge in [0.05, 0.1) is 0 Å². The van der Waals surface area contributed by atoms with E-state index in [1.54, 1.807) is 0 Å². The molecular formula is C33H58O2S. The normalized spacial score (nSPS) is 11.8. The van der Waals surface area contributed by atoms with Crippen LogP contribution in [-0.4, -0.2) is 11.7 Å². The van der Waals surface area contributed by atoms with E-state index in [4.69, 9.17) is 4.74 Å². The van der Waals surface area contributed by atoms with Crippen molar-refractivity contribution in [3.05, 3.63) is 28.3 Å². The van der Waals surface area contributed by atoms with Crippen LogP contribution in [0.5, 0.6) is 5.75 Å². The van der Waals surface area contributed by atoms with Crippen LogP contribution in [0.2, 0.25) is 0 Å². The molecule has 0 unspecified atom stereocenters. The Bertz CT molecular complexity index is 732. The number of hydrogen-bond donors (Lipinski definition) is 0. The lowest BCUT2D eigenvalue weighted by atomic mass is 9.81. The zero-order valence-electron chi connectivity index (χ0n) is 25.0. The van der Waals surface area contributed by atoms with Gasteiger partial charge in [-0.05, 0) is 59.8 Å². The number of ether oxygens (including phenoxy) is 1. The highest BCUT2D eigenvalue weighted by Gasteiger charge is 2.22. The van der Waals surface area contributed by atoms with E-state index in [2.05, 4.69) is 47.6 Å². The fraction of sp³-hybridized carbons (Fsp3) is 0.788. The minimum Gasteiger partial charge on any atom is -0.426 e. The van der Waals surface area contributed by atoms with Crippen LogP contribution in [-0.2, 0) is 16.0 Å². The highest BCUT2D eigenvalue weighted by Crippen LogP contribution is 2.36. The van der Waals surface area contributed by atoms with Gasteiger partial charge in [-0.2, -0.15) is 11.8 Å². The smallest absolute Gasteiger partial charge is 0.308 e. The van der Waals surface area contributed by atoms with E-state index < -0.39 is 0 Å². The average molecular weight is 519 g/mol. The van der Waals surface area contributed by atoms with Crippen molar-refractivity contribution in [2.24, 2.45) is 0 Å². The molecule has 0 aliphatic heterocycles. The molecule has 0 spiro atoms. The Balaban J connectivity index is 2.18. The van der Waals surface area contributed by atoms with Gasteiger partial charge in [0.1, 0.15) is 5.75 Å². The van der Waals surface area contributed by atoms with E-state index >= 15 is 0 Å². The first-order chi connectivity index (χ1) is 17.2. The first-order valence-electron chi connectivity index (χ1n) is 15.1. The number of hydrogen-bond acceptors (Lipinski definition) is 3. The molecule has 0 saturated carbocycles. The van der Waals surface area contributed by atoms with E-state index in [0.717, 1.165) is 17.1 Å². The Labute approximate surface area is 229 Å². The Morgan fingerprint density at radius 3 is 1.61 bits per heavy atom. The SMILES string of the molecule is CCCCCCCCCCCCCCCCCCSCc1c(C)c(OC(C)=O)cc(C(C)(C)C)c1C. The van der Waals surface area contributed by atoms with Crippen LogP contribution >= 0.6 is 11.8 Å². The van der Waals surface area contributed by atoms with Gasteiger partial charge in [-0.15, -0.1) is 0 Å². The molecule has 0 bridgehead atoms. The summed E-state index contributed by atoms with van der Waals surface area (Å²) in [5.41, 5.74) is 5.13. The molecule has 0 atom stereocenters. The maximum atomic E-state index is 11.6. The second kappa shape index (κ2) is 19.2. The van der Waals surface area contributed by atoms with Crippen LogP contribution in [0.15, 0.2) is 6.07 Å². The summed E-state index contributed by atoms with van der Waals surface area (Å²) in [4.78, 5) is 11.6. The number of benzene rings is 1. The third-order valence-corrected chi connectivity index (χ3v) is 8.47. The third-order valence-electron chi connectivity index (χ3n) is 7.40. The van der Waals surface area contributed by atoms with Gasteiger partial charge >= 0.3 is 5.97 Å². The molecule has 0 amide bonds. The largest absolute Gasteiger partial charge is 0.426 e. The van der Waals surface area contributed by atoms with Crippen molar-refractivity contribution < 1.29 is 9.53 Å². The van der Waals surface area contributed by atoms with Crippen molar-refractivity contribution in [2.45, 2.75) is 162 Å². The molecule has 208 valence electrons. The van der Waals surface area contributed by atoms with Crippen LogP contribution in [0.1, 0.15) is 160 Å². The Morgan fingerprint density at radius 2 is 1.19 bits per heavy atom. The molecule has 1 rings (SSSR count). The van der Waals surface area contributed by atoms with Gasteiger partial charge in [0.25, 0.3) is 0 Å². The van der Waals surface area contributed by atoms with Crippen LogP contribution < -0.4 is 4.74 Å².